The number of carboxylic acids is 1. The molecule has 0 radical (unpaired) electrons. The molecule has 8 nitrogen and oxygen atoms in total. The van der Waals surface area contributed by atoms with Crippen molar-refractivity contribution in [3.8, 4) is 0 Å². The summed E-state index contributed by atoms with van der Waals surface area (Å²) in [6.45, 7) is 1.27. The van der Waals surface area contributed by atoms with Gasteiger partial charge in [-0.1, -0.05) is 0 Å². The first-order valence-electron chi connectivity index (χ1n) is 5.21. The zero-order valence-electron chi connectivity index (χ0n) is 10.1. The van der Waals surface area contributed by atoms with Crippen molar-refractivity contribution >= 4 is 23.8 Å². The molecule has 0 aromatic rings. The Hall–Kier alpha value is -1.96. The Balaban J connectivity index is 2.98. The van der Waals surface area contributed by atoms with Gasteiger partial charge in [-0.25, -0.2) is 4.79 Å². The third kappa shape index (κ3) is 2.48. The Bertz CT molecular complexity index is 407. The lowest BCUT2D eigenvalue weighted by molar-refractivity contribution is -0.157. The molecule has 1 aliphatic heterocycles. The van der Waals surface area contributed by atoms with Gasteiger partial charge in [0.2, 0.25) is 11.8 Å². The maximum atomic E-state index is 12.0. The van der Waals surface area contributed by atoms with Crippen LogP contribution in [0.3, 0.4) is 0 Å². The van der Waals surface area contributed by atoms with E-state index in [1.54, 1.807) is 0 Å². The van der Waals surface area contributed by atoms with Gasteiger partial charge in [0.15, 0.2) is 0 Å². The van der Waals surface area contributed by atoms with E-state index in [2.05, 4.69) is 0 Å². The van der Waals surface area contributed by atoms with Crippen molar-refractivity contribution in [2.75, 3.05) is 20.3 Å². The van der Waals surface area contributed by atoms with Crippen LogP contribution in [0.2, 0.25) is 0 Å². The van der Waals surface area contributed by atoms with Gasteiger partial charge in [0.05, 0.1) is 19.6 Å². The number of carboxylic acid groups (broad SMARTS) is 1. The number of hydrogen-bond donors (Lipinski definition) is 2. The third-order valence-corrected chi connectivity index (χ3v) is 2.71. The molecule has 8 heteroatoms. The number of carbonyl (C=O) groups is 4. The van der Waals surface area contributed by atoms with E-state index in [0.717, 1.165) is 4.90 Å². The van der Waals surface area contributed by atoms with Crippen LogP contribution in [-0.4, -0.2) is 54.1 Å². The number of urea groups is 1. The van der Waals surface area contributed by atoms with E-state index in [-0.39, 0.29) is 13.2 Å². The molecule has 2 N–H and O–H groups in total. The highest BCUT2D eigenvalue weighted by Crippen LogP contribution is 2.28. The van der Waals surface area contributed by atoms with Crippen LogP contribution in [-0.2, 0) is 19.1 Å². The molecule has 1 unspecified atom stereocenters. The zero-order chi connectivity index (χ0) is 13.9. The van der Waals surface area contributed by atoms with E-state index in [1.165, 1.54) is 14.0 Å². The molecule has 0 aromatic heterocycles. The molecule has 0 spiro atoms. The molecule has 0 saturated carbocycles. The number of hydrogen-bond acceptors (Lipinski definition) is 5. The summed E-state index contributed by atoms with van der Waals surface area (Å²) >= 11 is 0. The van der Waals surface area contributed by atoms with Gasteiger partial charge in [-0.3, -0.25) is 24.6 Å². The second kappa shape index (κ2) is 5.13. The van der Waals surface area contributed by atoms with E-state index in [0.29, 0.717) is 0 Å². The molecule has 0 aliphatic carbocycles. The summed E-state index contributed by atoms with van der Waals surface area (Å²) in [5, 5.41) is 10.7. The number of ether oxygens (including phenoxy) is 1. The zero-order valence-corrected chi connectivity index (χ0v) is 10.1. The average molecular weight is 258 g/mol. The Morgan fingerprint density at radius 1 is 1.44 bits per heavy atom. The molecule has 1 rings (SSSR count). The quantitative estimate of drug-likeness (QED) is 0.624. The predicted octanol–water partition coefficient (Wildman–Crippen LogP) is -0.808. The number of carbonyl (C=O) groups excluding carboxylic acids is 3. The summed E-state index contributed by atoms with van der Waals surface area (Å²) in [5.41, 5.74) is -1.77. The van der Waals surface area contributed by atoms with Crippen molar-refractivity contribution in [2.45, 2.75) is 13.3 Å². The minimum atomic E-state index is -1.77. The molecule has 1 saturated heterocycles. The lowest BCUT2D eigenvalue weighted by Gasteiger charge is -2.35. The molecule has 1 fully saturated rings. The Labute approximate surface area is 103 Å². The van der Waals surface area contributed by atoms with Crippen LogP contribution in [0.1, 0.15) is 13.3 Å². The van der Waals surface area contributed by atoms with E-state index in [1.807, 2.05) is 5.32 Å². The van der Waals surface area contributed by atoms with Crippen LogP contribution < -0.4 is 5.32 Å². The normalized spacial score (nSPS) is 24.1. The summed E-state index contributed by atoms with van der Waals surface area (Å²) in [4.78, 5) is 46.6. The van der Waals surface area contributed by atoms with Crippen molar-refractivity contribution in [3.63, 3.8) is 0 Å². The molecule has 1 heterocycles. The maximum Gasteiger partial charge on any atom is 0.330 e. The summed E-state index contributed by atoms with van der Waals surface area (Å²) in [6.07, 6.45) is -0.672. The van der Waals surface area contributed by atoms with Crippen LogP contribution in [0.4, 0.5) is 4.79 Å². The van der Waals surface area contributed by atoms with E-state index >= 15 is 0 Å². The molecule has 1 atom stereocenters. The Kier molecular flexibility index (Phi) is 4.02. The van der Waals surface area contributed by atoms with Crippen LogP contribution in [0.5, 0.6) is 0 Å². The number of nitrogens with one attached hydrogen (secondary N) is 1. The second-order valence-corrected chi connectivity index (χ2v) is 4.11. The SMILES string of the molecule is COCCN1C(=O)NC(=O)C(C)(CC(=O)O)C1=O. The smallest absolute Gasteiger partial charge is 0.330 e. The largest absolute Gasteiger partial charge is 0.481 e. The van der Waals surface area contributed by atoms with Crippen LogP contribution in [0.15, 0.2) is 0 Å². The number of amides is 4. The van der Waals surface area contributed by atoms with Gasteiger partial charge in [0.25, 0.3) is 0 Å². The Morgan fingerprint density at radius 2 is 2.06 bits per heavy atom. The van der Waals surface area contributed by atoms with Crippen molar-refractivity contribution < 1.29 is 29.0 Å². The fourth-order valence-electron chi connectivity index (χ4n) is 1.63. The minimum absolute atomic E-state index is 0.0380. The molecule has 4 amide bonds. The highest BCUT2D eigenvalue weighted by molar-refractivity contribution is 6.19. The van der Waals surface area contributed by atoms with E-state index < -0.39 is 35.7 Å². The molecule has 18 heavy (non-hydrogen) atoms. The fourth-order valence-corrected chi connectivity index (χ4v) is 1.63. The lowest BCUT2D eigenvalue weighted by atomic mass is 9.82. The first-order valence-corrected chi connectivity index (χ1v) is 5.21. The van der Waals surface area contributed by atoms with Gasteiger partial charge in [0, 0.05) is 7.11 Å². The summed E-state index contributed by atoms with van der Waals surface area (Å²) < 4.78 is 4.74. The first kappa shape index (κ1) is 14.1. The standard InChI is InChI=1S/C10H14N2O6/c1-10(5-6(13)14)7(15)11-9(17)12(8(10)16)3-4-18-2/h3-5H2,1-2H3,(H,13,14)(H,11,15,17). The number of methoxy groups -OCH3 is 1. The van der Waals surface area contributed by atoms with E-state index in [4.69, 9.17) is 9.84 Å². The van der Waals surface area contributed by atoms with Crippen LogP contribution >= 0.6 is 0 Å². The average Bonchev–Trinajstić information content (AvgIpc) is 2.26. The molecule has 100 valence electrons. The van der Waals surface area contributed by atoms with Gasteiger partial charge in [-0.15, -0.1) is 0 Å². The van der Waals surface area contributed by atoms with Gasteiger partial charge in [-0.2, -0.15) is 0 Å². The molecule has 1 aliphatic rings. The molecular formula is C10H14N2O6. The topological polar surface area (TPSA) is 113 Å². The Morgan fingerprint density at radius 3 is 2.56 bits per heavy atom. The van der Waals surface area contributed by atoms with Crippen LogP contribution in [0.25, 0.3) is 0 Å². The molecule has 0 bridgehead atoms. The summed E-state index contributed by atoms with van der Waals surface area (Å²) in [6, 6.07) is -0.857. The monoisotopic (exact) mass is 258 g/mol. The van der Waals surface area contributed by atoms with Gasteiger partial charge < -0.3 is 9.84 Å². The summed E-state index contributed by atoms with van der Waals surface area (Å²) in [5.74, 6) is -3.01. The molecular weight excluding hydrogens is 244 g/mol. The van der Waals surface area contributed by atoms with Crippen molar-refractivity contribution in [2.24, 2.45) is 5.41 Å². The van der Waals surface area contributed by atoms with Crippen molar-refractivity contribution in [1.29, 1.82) is 0 Å². The number of aliphatic carboxylic acids is 1. The third-order valence-electron chi connectivity index (χ3n) is 2.71. The van der Waals surface area contributed by atoms with Crippen LogP contribution in [0, 0.1) is 5.41 Å². The van der Waals surface area contributed by atoms with Gasteiger partial charge in [0.1, 0.15) is 5.41 Å². The number of imide groups is 2. The van der Waals surface area contributed by atoms with Crippen molar-refractivity contribution in [3.05, 3.63) is 0 Å². The molecule has 0 aromatic carbocycles. The number of barbiturate groups is 1. The maximum absolute atomic E-state index is 12.0. The fraction of sp³-hybridized carbons (Fsp3) is 0.600. The van der Waals surface area contributed by atoms with Crippen molar-refractivity contribution in [1.82, 2.24) is 10.2 Å². The lowest BCUT2D eigenvalue weighted by Crippen LogP contribution is -2.63. The van der Waals surface area contributed by atoms with E-state index in [9.17, 15) is 19.2 Å². The van der Waals surface area contributed by atoms with Gasteiger partial charge in [-0.05, 0) is 6.92 Å². The van der Waals surface area contributed by atoms with Gasteiger partial charge >= 0.3 is 12.0 Å². The number of nitrogens with zero attached hydrogens (tertiary/aromatic N) is 1. The highest BCUT2D eigenvalue weighted by Gasteiger charge is 2.51. The highest BCUT2D eigenvalue weighted by atomic mass is 16.5. The second-order valence-electron chi connectivity index (χ2n) is 4.11. The first-order chi connectivity index (χ1) is 8.32. The summed E-state index contributed by atoms with van der Waals surface area (Å²) in [7, 11) is 1.40. The number of rotatable bonds is 5. The minimum Gasteiger partial charge on any atom is -0.481 e. The predicted molar refractivity (Wildman–Crippen MR) is 57.5 cm³/mol.